The molecule has 16 heavy (non-hydrogen) atoms. The molecule has 0 amide bonds. The number of halogens is 3. The van der Waals surface area contributed by atoms with Crippen LogP contribution in [0, 0.1) is 0 Å². The Bertz CT molecular complexity index is 502. The largest absolute Gasteiger partial charge is 0.388 e. The quantitative estimate of drug-likeness (QED) is 0.784. The van der Waals surface area contributed by atoms with Crippen LogP contribution >= 0.6 is 15.9 Å². The summed E-state index contributed by atoms with van der Waals surface area (Å²) in [5, 5.41) is 0. The predicted octanol–water partition coefficient (Wildman–Crippen LogP) is 3.89. The van der Waals surface area contributed by atoms with Gasteiger partial charge in [-0.05, 0) is 18.6 Å². The van der Waals surface area contributed by atoms with Crippen LogP contribution in [-0.4, -0.2) is 9.55 Å². The fraction of sp³-hybridized carbons (Fsp3) is 0.364. The summed E-state index contributed by atoms with van der Waals surface area (Å²) in [6.07, 6.45) is 1.32. The molecule has 1 aromatic heterocycles. The Morgan fingerprint density at radius 2 is 2.06 bits per heavy atom. The Hall–Kier alpha value is -0.970. The van der Waals surface area contributed by atoms with Crippen molar-refractivity contribution in [1.29, 1.82) is 0 Å². The first-order valence-electron chi connectivity index (χ1n) is 5.07. The minimum absolute atomic E-state index is 0.408. The fourth-order valence-electron chi connectivity index (χ4n) is 1.75. The van der Waals surface area contributed by atoms with Gasteiger partial charge in [-0.3, -0.25) is 4.57 Å². The molecule has 0 radical (unpaired) electrons. The average molecular weight is 289 g/mol. The van der Waals surface area contributed by atoms with Gasteiger partial charge in [-0.1, -0.05) is 19.1 Å². The molecule has 0 aliphatic rings. The number of aryl methyl sites for hydroxylation is 1. The minimum Gasteiger partial charge on any atom is -0.258 e. The van der Waals surface area contributed by atoms with E-state index in [1.807, 2.05) is 6.92 Å². The molecule has 86 valence electrons. The zero-order valence-corrected chi connectivity index (χ0v) is 10.3. The van der Waals surface area contributed by atoms with Gasteiger partial charge in [0.1, 0.15) is 5.82 Å². The Balaban J connectivity index is 2.69. The van der Waals surface area contributed by atoms with Crippen LogP contribution in [-0.2, 0) is 11.4 Å². The summed E-state index contributed by atoms with van der Waals surface area (Å²) in [5.74, 6) is 0.408. The predicted molar refractivity (Wildman–Crippen MR) is 62.8 cm³/mol. The van der Waals surface area contributed by atoms with E-state index < -0.39 is 4.96 Å². The number of hydrogen-bond donors (Lipinski definition) is 0. The monoisotopic (exact) mass is 288 g/mol. The third-order valence-electron chi connectivity index (χ3n) is 2.36. The van der Waals surface area contributed by atoms with Gasteiger partial charge in [0, 0.05) is 22.4 Å². The number of nitrogens with zero attached hydrogens (tertiary/aromatic N) is 2. The van der Waals surface area contributed by atoms with E-state index in [0.717, 1.165) is 11.0 Å². The summed E-state index contributed by atoms with van der Waals surface area (Å²) < 4.78 is 27.8. The van der Waals surface area contributed by atoms with Gasteiger partial charge >= 0.3 is 4.96 Å². The van der Waals surface area contributed by atoms with E-state index in [-0.39, 0.29) is 0 Å². The fourth-order valence-corrected chi connectivity index (χ4v) is 2.15. The second kappa shape index (κ2) is 4.13. The van der Waals surface area contributed by atoms with Crippen molar-refractivity contribution in [2.75, 3.05) is 0 Å². The van der Waals surface area contributed by atoms with E-state index in [2.05, 4.69) is 20.9 Å². The molecule has 0 aliphatic carbocycles. The lowest BCUT2D eigenvalue weighted by molar-refractivity contribution is 0.0344. The molecule has 0 unspecified atom stereocenters. The first-order valence-corrected chi connectivity index (χ1v) is 5.87. The van der Waals surface area contributed by atoms with Crippen LogP contribution in [0.15, 0.2) is 24.3 Å². The molecule has 1 heterocycles. The van der Waals surface area contributed by atoms with Crippen LogP contribution in [0.2, 0.25) is 0 Å². The number of para-hydroxylation sites is 2. The maximum Gasteiger partial charge on any atom is 0.388 e. The maximum absolute atomic E-state index is 13.4. The summed E-state index contributed by atoms with van der Waals surface area (Å²) in [5.41, 5.74) is 1.05. The Morgan fingerprint density at radius 3 is 2.69 bits per heavy atom. The highest BCUT2D eigenvalue weighted by molar-refractivity contribution is 9.09. The topological polar surface area (TPSA) is 17.8 Å². The van der Waals surface area contributed by atoms with Crippen LogP contribution in [0.4, 0.5) is 8.78 Å². The van der Waals surface area contributed by atoms with E-state index in [4.69, 9.17) is 0 Å². The molecule has 0 N–H and O–H groups in total. The summed E-state index contributed by atoms with van der Waals surface area (Å²) in [7, 11) is 0. The first kappa shape index (κ1) is 11.5. The van der Waals surface area contributed by atoms with Gasteiger partial charge in [0.2, 0.25) is 0 Å². The molecule has 0 aliphatic heterocycles. The van der Waals surface area contributed by atoms with Crippen molar-refractivity contribution in [3.63, 3.8) is 0 Å². The highest BCUT2D eigenvalue weighted by Gasteiger charge is 2.31. The zero-order valence-electron chi connectivity index (χ0n) is 8.75. The molecule has 0 saturated carbocycles. The summed E-state index contributed by atoms with van der Waals surface area (Å²) >= 11 is 2.40. The lowest BCUT2D eigenvalue weighted by Crippen LogP contribution is -2.17. The van der Waals surface area contributed by atoms with Crippen molar-refractivity contribution in [2.45, 2.75) is 24.7 Å². The number of alkyl halides is 3. The standard InChI is InChI=1S/C11H11BrF2N2/c1-2-5-10-15-8-6-3-4-7-9(8)16(10)11(12,13)14/h3-4,6-7H,2,5H2,1H3. The molecule has 0 atom stereocenters. The molecule has 2 rings (SSSR count). The van der Waals surface area contributed by atoms with Crippen LogP contribution in [0.25, 0.3) is 11.0 Å². The van der Waals surface area contributed by atoms with Gasteiger partial charge in [-0.15, -0.1) is 0 Å². The van der Waals surface area contributed by atoms with Crippen LogP contribution in [0.5, 0.6) is 0 Å². The highest BCUT2D eigenvalue weighted by Crippen LogP contribution is 2.34. The molecule has 0 bridgehead atoms. The van der Waals surface area contributed by atoms with Crippen molar-refractivity contribution in [2.24, 2.45) is 0 Å². The summed E-state index contributed by atoms with van der Waals surface area (Å²) in [6.45, 7) is 1.94. The lowest BCUT2D eigenvalue weighted by atomic mass is 10.3. The third kappa shape index (κ3) is 1.96. The first-order chi connectivity index (χ1) is 7.54. The average Bonchev–Trinajstić information content (AvgIpc) is 2.55. The van der Waals surface area contributed by atoms with Crippen molar-refractivity contribution in [3.05, 3.63) is 30.1 Å². The van der Waals surface area contributed by atoms with Gasteiger partial charge in [0.15, 0.2) is 0 Å². The second-order valence-corrected chi connectivity index (χ2v) is 4.52. The van der Waals surface area contributed by atoms with Crippen molar-refractivity contribution in [1.82, 2.24) is 9.55 Å². The Kier molecular flexibility index (Phi) is 2.97. The van der Waals surface area contributed by atoms with E-state index in [0.29, 0.717) is 23.3 Å². The summed E-state index contributed by atoms with van der Waals surface area (Å²) in [4.78, 5) is 1.13. The molecule has 2 nitrogen and oxygen atoms in total. The van der Waals surface area contributed by atoms with E-state index >= 15 is 0 Å². The highest BCUT2D eigenvalue weighted by atomic mass is 79.9. The molecule has 0 spiro atoms. The number of benzene rings is 1. The Labute approximate surface area is 100 Å². The lowest BCUT2D eigenvalue weighted by Gasteiger charge is -2.14. The van der Waals surface area contributed by atoms with Gasteiger partial charge in [-0.25, -0.2) is 4.98 Å². The molecule has 0 saturated heterocycles. The number of imidazole rings is 1. The van der Waals surface area contributed by atoms with E-state index in [9.17, 15) is 8.78 Å². The summed E-state index contributed by atoms with van der Waals surface area (Å²) in [6, 6.07) is 6.91. The van der Waals surface area contributed by atoms with Crippen LogP contribution in [0.1, 0.15) is 19.2 Å². The van der Waals surface area contributed by atoms with Crippen LogP contribution in [0.3, 0.4) is 0 Å². The van der Waals surface area contributed by atoms with E-state index in [1.54, 1.807) is 24.3 Å². The van der Waals surface area contributed by atoms with Crippen molar-refractivity contribution >= 4 is 27.0 Å². The molecule has 2 aromatic rings. The SMILES string of the molecule is CCCc1nc2ccccc2n1C(F)(F)Br. The van der Waals surface area contributed by atoms with Gasteiger partial charge in [-0.2, -0.15) is 8.78 Å². The molecule has 0 fully saturated rings. The van der Waals surface area contributed by atoms with Crippen LogP contribution < -0.4 is 0 Å². The minimum atomic E-state index is -3.09. The van der Waals surface area contributed by atoms with E-state index in [1.165, 1.54) is 0 Å². The number of fused-ring (bicyclic) bond motifs is 1. The molecular formula is C11H11BrF2N2. The van der Waals surface area contributed by atoms with Gasteiger partial charge in [0.05, 0.1) is 11.0 Å². The molecular weight excluding hydrogens is 278 g/mol. The Morgan fingerprint density at radius 1 is 1.38 bits per heavy atom. The van der Waals surface area contributed by atoms with Crippen molar-refractivity contribution in [3.8, 4) is 0 Å². The van der Waals surface area contributed by atoms with Crippen molar-refractivity contribution < 1.29 is 8.78 Å². The van der Waals surface area contributed by atoms with Gasteiger partial charge < -0.3 is 0 Å². The number of rotatable bonds is 3. The second-order valence-electron chi connectivity index (χ2n) is 3.57. The number of aromatic nitrogens is 2. The number of hydrogen-bond acceptors (Lipinski definition) is 1. The normalized spacial score (nSPS) is 12.2. The molecule has 5 heteroatoms. The maximum atomic E-state index is 13.4. The third-order valence-corrected chi connectivity index (χ3v) is 2.71. The molecule has 1 aromatic carbocycles. The smallest absolute Gasteiger partial charge is 0.258 e. The zero-order chi connectivity index (χ0) is 11.8. The van der Waals surface area contributed by atoms with Gasteiger partial charge in [0.25, 0.3) is 0 Å².